The van der Waals surface area contributed by atoms with Crippen molar-refractivity contribution in [3.8, 4) is 5.75 Å². The van der Waals surface area contributed by atoms with Gasteiger partial charge in [-0.3, -0.25) is 5.43 Å². The second-order valence-electron chi connectivity index (χ2n) is 3.49. The maximum Gasteiger partial charge on any atom is 0.203 e. The number of nitrogens with one attached hydrogen (secondary N) is 1. The van der Waals surface area contributed by atoms with Crippen LogP contribution in [-0.4, -0.2) is 16.3 Å². The van der Waals surface area contributed by atoms with Crippen molar-refractivity contribution in [3.05, 3.63) is 37.7 Å². The third kappa shape index (κ3) is 3.30. The van der Waals surface area contributed by atoms with Crippen LogP contribution in [0.3, 0.4) is 0 Å². The molecule has 0 aliphatic heterocycles. The van der Waals surface area contributed by atoms with Crippen LogP contribution in [0.4, 0.5) is 5.13 Å². The van der Waals surface area contributed by atoms with Crippen molar-refractivity contribution >= 4 is 54.5 Å². The van der Waals surface area contributed by atoms with E-state index in [1.54, 1.807) is 18.3 Å². The summed E-state index contributed by atoms with van der Waals surface area (Å²) in [5, 5.41) is 16.5. The van der Waals surface area contributed by atoms with Gasteiger partial charge in [-0.1, -0.05) is 15.9 Å². The van der Waals surface area contributed by atoms with Gasteiger partial charge in [0.2, 0.25) is 5.13 Å². The molecule has 0 fully saturated rings. The average molecular weight is 391 g/mol. The van der Waals surface area contributed by atoms with Crippen LogP contribution in [0.2, 0.25) is 0 Å². The number of phenolic OH excluding ortho intramolecular Hbond substituents is 1. The van der Waals surface area contributed by atoms with Crippen molar-refractivity contribution in [3.63, 3.8) is 0 Å². The van der Waals surface area contributed by atoms with Gasteiger partial charge in [0.25, 0.3) is 0 Å². The first-order chi connectivity index (χ1) is 8.56. The van der Waals surface area contributed by atoms with Crippen molar-refractivity contribution in [2.45, 2.75) is 6.92 Å². The number of nitrogens with zero attached hydrogens (tertiary/aromatic N) is 2. The Morgan fingerprint density at radius 3 is 2.89 bits per heavy atom. The fourth-order valence-electron chi connectivity index (χ4n) is 1.25. The first-order valence-corrected chi connectivity index (χ1v) is 7.42. The molecule has 0 saturated carbocycles. The molecule has 1 aromatic carbocycles. The van der Waals surface area contributed by atoms with Gasteiger partial charge in [-0.2, -0.15) is 5.10 Å². The van der Waals surface area contributed by atoms with Gasteiger partial charge < -0.3 is 5.11 Å². The van der Waals surface area contributed by atoms with Gasteiger partial charge in [-0.15, -0.1) is 11.3 Å². The molecule has 0 aliphatic carbocycles. The van der Waals surface area contributed by atoms with Gasteiger partial charge in [0.1, 0.15) is 5.75 Å². The Balaban J connectivity index is 2.14. The van der Waals surface area contributed by atoms with Crippen LogP contribution in [0.5, 0.6) is 5.75 Å². The van der Waals surface area contributed by atoms with Crippen LogP contribution in [0.1, 0.15) is 11.3 Å². The van der Waals surface area contributed by atoms with E-state index in [2.05, 4.69) is 47.4 Å². The summed E-state index contributed by atoms with van der Waals surface area (Å²) in [6.45, 7) is 1.92. The zero-order valence-corrected chi connectivity index (χ0v) is 13.3. The lowest BCUT2D eigenvalue weighted by atomic mass is 10.2. The number of aromatic hydroxyl groups is 1. The summed E-state index contributed by atoms with van der Waals surface area (Å²) in [5.41, 5.74) is 4.37. The van der Waals surface area contributed by atoms with Crippen LogP contribution in [0.25, 0.3) is 0 Å². The number of anilines is 1. The van der Waals surface area contributed by atoms with E-state index in [9.17, 15) is 5.11 Å². The fourth-order valence-corrected chi connectivity index (χ4v) is 3.14. The van der Waals surface area contributed by atoms with E-state index in [0.29, 0.717) is 10.0 Å². The fraction of sp³-hybridized carbons (Fsp3) is 0.0909. The summed E-state index contributed by atoms with van der Waals surface area (Å²) in [5.74, 6) is 0.152. The molecule has 94 valence electrons. The number of hydrogen-bond acceptors (Lipinski definition) is 5. The van der Waals surface area contributed by atoms with Crippen LogP contribution in [0, 0.1) is 6.92 Å². The number of phenols is 1. The first kappa shape index (κ1) is 13.5. The van der Waals surface area contributed by atoms with Gasteiger partial charge in [0, 0.05) is 15.4 Å². The van der Waals surface area contributed by atoms with Crippen molar-refractivity contribution in [1.29, 1.82) is 0 Å². The number of hydrazone groups is 1. The quantitative estimate of drug-likeness (QED) is 0.611. The Hall–Kier alpha value is -0.920. The normalized spacial score (nSPS) is 11.1. The topological polar surface area (TPSA) is 57.5 Å². The molecule has 0 radical (unpaired) electrons. The van der Waals surface area contributed by atoms with Crippen molar-refractivity contribution in [2.24, 2.45) is 5.10 Å². The zero-order chi connectivity index (χ0) is 13.1. The lowest BCUT2D eigenvalue weighted by Crippen LogP contribution is -1.91. The number of hydrogen-bond donors (Lipinski definition) is 2. The third-order valence-electron chi connectivity index (χ3n) is 2.04. The van der Waals surface area contributed by atoms with Crippen LogP contribution < -0.4 is 5.43 Å². The number of halogens is 2. The number of thiazole rings is 1. The molecule has 1 aromatic heterocycles. The highest BCUT2D eigenvalue weighted by Gasteiger charge is 2.05. The average Bonchev–Trinajstić information content (AvgIpc) is 2.71. The smallest absolute Gasteiger partial charge is 0.203 e. The summed E-state index contributed by atoms with van der Waals surface area (Å²) in [6, 6.07) is 3.54. The number of aryl methyl sites for hydroxylation is 1. The summed E-state index contributed by atoms with van der Waals surface area (Å²) in [7, 11) is 0. The molecule has 0 saturated heterocycles. The Kier molecular flexibility index (Phi) is 4.36. The molecule has 0 aliphatic rings. The van der Waals surface area contributed by atoms with E-state index in [-0.39, 0.29) is 5.75 Å². The van der Waals surface area contributed by atoms with Crippen molar-refractivity contribution in [1.82, 2.24) is 4.98 Å². The minimum Gasteiger partial charge on any atom is -0.506 e. The minimum atomic E-state index is 0.152. The van der Waals surface area contributed by atoms with Gasteiger partial charge in [-0.25, -0.2) is 4.98 Å². The standard InChI is InChI=1S/C11H9Br2N3OS/c1-6-5-18-11(15-6)16-14-4-7-2-8(12)3-9(13)10(7)17/h2-5,17H,1H3,(H,15,16). The van der Waals surface area contributed by atoms with Crippen molar-refractivity contribution in [2.75, 3.05) is 5.43 Å². The molecule has 1 heterocycles. The highest BCUT2D eigenvalue weighted by Crippen LogP contribution is 2.30. The second kappa shape index (κ2) is 5.81. The predicted octanol–water partition coefficient (Wildman–Crippen LogP) is 4.13. The SMILES string of the molecule is Cc1csc(NN=Cc2cc(Br)cc(Br)c2O)n1. The molecule has 7 heteroatoms. The van der Waals surface area contributed by atoms with Crippen LogP contribution in [0.15, 0.2) is 31.6 Å². The molecule has 0 amide bonds. The summed E-state index contributed by atoms with van der Waals surface area (Å²) < 4.78 is 1.47. The molecular weight excluding hydrogens is 382 g/mol. The number of aromatic nitrogens is 1. The van der Waals surface area contributed by atoms with Crippen molar-refractivity contribution < 1.29 is 5.11 Å². The zero-order valence-electron chi connectivity index (χ0n) is 9.32. The van der Waals surface area contributed by atoms with Gasteiger partial charge in [-0.05, 0) is 35.0 Å². The Bertz CT molecular complexity index is 598. The Labute approximate surface area is 125 Å². The van der Waals surface area contributed by atoms with E-state index in [1.165, 1.54) is 11.3 Å². The van der Waals surface area contributed by atoms with E-state index in [0.717, 1.165) is 15.3 Å². The number of benzene rings is 1. The highest BCUT2D eigenvalue weighted by atomic mass is 79.9. The molecule has 0 bridgehead atoms. The van der Waals surface area contributed by atoms with E-state index >= 15 is 0 Å². The minimum absolute atomic E-state index is 0.152. The molecule has 2 N–H and O–H groups in total. The monoisotopic (exact) mass is 389 g/mol. The lowest BCUT2D eigenvalue weighted by molar-refractivity contribution is 0.471. The first-order valence-electron chi connectivity index (χ1n) is 4.95. The second-order valence-corrected chi connectivity index (χ2v) is 6.12. The molecule has 2 rings (SSSR count). The van der Waals surface area contributed by atoms with Crippen LogP contribution in [-0.2, 0) is 0 Å². The molecule has 18 heavy (non-hydrogen) atoms. The molecule has 4 nitrogen and oxygen atoms in total. The Morgan fingerprint density at radius 1 is 1.44 bits per heavy atom. The molecule has 0 atom stereocenters. The predicted molar refractivity (Wildman–Crippen MR) is 81.6 cm³/mol. The van der Waals surface area contributed by atoms with Gasteiger partial charge in [0.15, 0.2) is 0 Å². The van der Waals surface area contributed by atoms with Crippen LogP contribution >= 0.6 is 43.2 Å². The summed E-state index contributed by atoms with van der Waals surface area (Å²) in [6.07, 6.45) is 1.54. The van der Waals surface area contributed by atoms with E-state index in [4.69, 9.17) is 0 Å². The summed E-state index contributed by atoms with van der Waals surface area (Å²) >= 11 is 8.10. The Morgan fingerprint density at radius 2 is 2.22 bits per heavy atom. The van der Waals surface area contributed by atoms with E-state index in [1.807, 2.05) is 12.3 Å². The largest absolute Gasteiger partial charge is 0.506 e. The lowest BCUT2D eigenvalue weighted by Gasteiger charge is -2.02. The highest BCUT2D eigenvalue weighted by molar-refractivity contribution is 9.11. The molecular formula is C11H9Br2N3OS. The molecule has 0 spiro atoms. The van der Waals surface area contributed by atoms with E-state index < -0.39 is 0 Å². The number of rotatable bonds is 3. The summed E-state index contributed by atoms with van der Waals surface area (Å²) in [4.78, 5) is 4.21. The van der Waals surface area contributed by atoms with Gasteiger partial charge in [0.05, 0.1) is 16.4 Å². The van der Waals surface area contributed by atoms with Gasteiger partial charge >= 0.3 is 0 Å². The molecule has 0 unspecified atom stereocenters. The molecule has 2 aromatic rings. The maximum atomic E-state index is 9.82. The third-order valence-corrected chi connectivity index (χ3v) is 3.97. The maximum absolute atomic E-state index is 9.82.